The lowest BCUT2D eigenvalue weighted by molar-refractivity contribution is 0.412. The van der Waals surface area contributed by atoms with E-state index in [0.717, 1.165) is 21.5 Å². The van der Waals surface area contributed by atoms with Gasteiger partial charge in [0, 0.05) is 6.04 Å². The van der Waals surface area contributed by atoms with E-state index in [1.54, 1.807) is 19.2 Å². The van der Waals surface area contributed by atoms with Gasteiger partial charge in [-0.2, -0.15) is 5.26 Å². The van der Waals surface area contributed by atoms with E-state index in [2.05, 4.69) is 27.3 Å². The van der Waals surface area contributed by atoms with E-state index in [4.69, 9.17) is 21.6 Å². The van der Waals surface area contributed by atoms with Crippen molar-refractivity contribution in [2.24, 2.45) is 0 Å². The Bertz CT molecular complexity index is 697. The van der Waals surface area contributed by atoms with Crippen LogP contribution < -0.4 is 10.1 Å². The summed E-state index contributed by atoms with van der Waals surface area (Å²) in [5.74, 6) is 0.794. The number of rotatable bonds is 4. The van der Waals surface area contributed by atoms with E-state index in [1.807, 2.05) is 31.2 Å². The van der Waals surface area contributed by atoms with Gasteiger partial charge in [-0.05, 0) is 58.7 Å². The Hall–Kier alpha value is -1.70. The van der Waals surface area contributed by atoms with Gasteiger partial charge >= 0.3 is 0 Å². The third-order valence-electron chi connectivity index (χ3n) is 3.15. The molecule has 0 saturated carbocycles. The Kier molecular flexibility index (Phi) is 5.11. The Morgan fingerprint density at radius 2 is 2.05 bits per heavy atom. The molecule has 0 bridgehead atoms. The van der Waals surface area contributed by atoms with E-state index >= 15 is 0 Å². The summed E-state index contributed by atoms with van der Waals surface area (Å²) >= 11 is 9.66. The highest BCUT2D eigenvalue weighted by atomic mass is 79.9. The molecule has 1 unspecified atom stereocenters. The minimum atomic E-state index is 0.0673. The molecule has 2 aromatic carbocycles. The van der Waals surface area contributed by atoms with E-state index < -0.39 is 0 Å². The first-order chi connectivity index (χ1) is 10.0. The van der Waals surface area contributed by atoms with Crippen LogP contribution in [0.25, 0.3) is 0 Å². The van der Waals surface area contributed by atoms with Crippen LogP contribution in [-0.2, 0) is 0 Å². The fourth-order valence-corrected chi connectivity index (χ4v) is 2.76. The lowest BCUT2D eigenvalue weighted by Gasteiger charge is -2.18. The van der Waals surface area contributed by atoms with Crippen LogP contribution in [0.15, 0.2) is 40.9 Å². The van der Waals surface area contributed by atoms with Crippen LogP contribution in [0.3, 0.4) is 0 Å². The maximum atomic E-state index is 8.85. The second-order valence-electron chi connectivity index (χ2n) is 4.57. The average Bonchev–Trinajstić information content (AvgIpc) is 2.49. The molecule has 1 atom stereocenters. The summed E-state index contributed by atoms with van der Waals surface area (Å²) in [6, 6.07) is 13.3. The lowest BCUT2D eigenvalue weighted by atomic mass is 10.1. The number of halogens is 2. The molecule has 0 radical (unpaired) electrons. The summed E-state index contributed by atoms with van der Waals surface area (Å²) in [7, 11) is 1.64. The van der Waals surface area contributed by atoms with E-state index in [-0.39, 0.29) is 6.04 Å². The molecule has 0 aliphatic carbocycles. The fourth-order valence-electron chi connectivity index (χ4n) is 1.97. The van der Waals surface area contributed by atoms with Crippen molar-refractivity contribution >= 4 is 33.2 Å². The number of nitrogens with zero attached hydrogens (tertiary/aromatic N) is 1. The van der Waals surface area contributed by atoms with Crippen molar-refractivity contribution in [2.75, 3.05) is 12.4 Å². The van der Waals surface area contributed by atoms with Crippen LogP contribution in [-0.4, -0.2) is 7.11 Å². The van der Waals surface area contributed by atoms with Gasteiger partial charge in [0.25, 0.3) is 0 Å². The second-order valence-corrected chi connectivity index (χ2v) is 5.83. The average molecular weight is 366 g/mol. The highest BCUT2D eigenvalue weighted by Crippen LogP contribution is 2.31. The molecule has 0 saturated heterocycles. The smallest absolute Gasteiger partial charge is 0.133 e. The molecule has 0 aliphatic heterocycles. The molecule has 3 nitrogen and oxygen atoms in total. The van der Waals surface area contributed by atoms with Gasteiger partial charge in [-0.1, -0.05) is 17.7 Å². The number of methoxy groups -OCH3 is 1. The highest BCUT2D eigenvalue weighted by molar-refractivity contribution is 9.10. The number of anilines is 1. The van der Waals surface area contributed by atoms with E-state index in [9.17, 15) is 0 Å². The molecule has 0 fully saturated rings. The van der Waals surface area contributed by atoms with Crippen LogP contribution >= 0.6 is 27.5 Å². The summed E-state index contributed by atoms with van der Waals surface area (Å²) in [5.41, 5.74) is 2.45. The number of ether oxygens (including phenoxy) is 1. The predicted molar refractivity (Wildman–Crippen MR) is 88.9 cm³/mol. The second kappa shape index (κ2) is 6.84. The van der Waals surface area contributed by atoms with Crippen molar-refractivity contribution in [1.29, 1.82) is 5.26 Å². The Morgan fingerprint density at radius 3 is 2.62 bits per heavy atom. The van der Waals surface area contributed by atoms with Gasteiger partial charge in [-0.15, -0.1) is 0 Å². The number of benzene rings is 2. The summed E-state index contributed by atoms with van der Waals surface area (Å²) in [6.45, 7) is 2.04. The summed E-state index contributed by atoms with van der Waals surface area (Å²) < 4.78 is 6.13. The summed E-state index contributed by atoms with van der Waals surface area (Å²) in [6.07, 6.45) is 0. The third kappa shape index (κ3) is 3.69. The molecule has 0 aromatic heterocycles. The van der Waals surface area contributed by atoms with Crippen molar-refractivity contribution in [2.45, 2.75) is 13.0 Å². The normalized spacial score (nSPS) is 11.6. The first kappa shape index (κ1) is 15.7. The predicted octanol–water partition coefficient (Wildman–Crippen LogP) is 5.16. The number of nitrogens with one attached hydrogen (secondary N) is 1. The lowest BCUT2D eigenvalue weighted by Crippen LogP contribution is -2.07. The zero-order chi connectivity index (χ0) is 15.4. The zero-order valence-electron chi connectivity index (χ0n) is 11.7. The topological polar surface area (TPSA) is 45.0 Å². The molecule has 0 heterocycles. The molecule has 5 heteroatoms. The van der Waals surface area contributed by atoms with Crippen molar-refractivity contribution in [1.82, 2.24) is 0 Å². The molecule has 0 spiro atoms. The fraction of sp³-hybridized carbons (Fsp3) is 0.188. The van der Waals surface area contributed by atoms with Crippen LogP contribution in [0.5, 0.6) is 5.75 Å². The van der Waals surface area contributed by atoms with Gasteiger partial charge in [0.15, 0.2) is 0 Å². The van der Waals surface area contributed by atoms with Gasteiger partial charge in [0.2, 0.25) is 0 Å². The molecule has 21 heavy (non-hydrogen) atoms. The standard InChI is InChI=1S/C16H14BrClN2O/c1-10(12-4-6-16(21-2)13(17)8-12)20-15-5-3-11(9-19)7-14(15)18/h3-8,10,20H,1-2H3. The molecule has 0 amide bonds. The van der Waals surface area contributed by atoms with Crippen molar-refractivity contribution in [3.05, 3.63) is 57.0 Å². The first-order valence-electron chi connectivity index (χ1n) is 6.34. The Balaban J connectivity index is 2.20. The van der Waals surface area contributed by atoms with Gasteiger partial charge in [0.1, 0.15) is 5.75 Å². The molecular formula is C16H14BrClN2O. The van der Waals surface area contributed by atoms with Gasteiger partial charge in [-0.3, -0.25) is 0 Å². The van der Waals surface area contributed by atoms with Gasteiger partial charge in [0.05, 0.1) is 33.9 Å². The first-order valence-corrected chi connectivity index (χ1v) is 7.52. The Morgan fingerprint density at radius 1 is 1.29 bits per heavy atom. The van der Waals surface area contributed by atoms with Crippen LogP contribution in [0.1, 0.15) is 24.1 Å². The highest BCUT2D eigenvalue weighted by Gasteiger charge is 2.10. The minimum absolute atomic E-state index is 0.0673. The molecule has 0 aliphatic rings. The summed E-state index contributed by atoms with van der Waals surface area (Å²) in [4.78, 5) is 0. The minimum Gasteiger partial charge on any atom is -0.496 e. The SMILES string of the molecule is COc1ccc(C(C)Nc2ccc(C#N)cc2Cl)cc1Br. The third-order valence-corrected chi connectivity index (χ3v) is 4.08. The number of hydrogen-bond acceptors (Lipinski definition) is 3. The molecule has 2 aromatic rings. The molecule has 1 N–H and O–H groups in total. The number of hydrogen-bond donors (Lipinski definition) is 1. The maximum absolute atomic E-state index is 8.85. The molecule has 2 rings (SSSR count). The molecular weight excluding hydrogens is 352 g/mol. The number of nitriles is 1. The summed E-state index contributed by atoms with van der Waals surface area (Å²) in [5, 5.41) is 12.7. The van der Waals surface area contributed by atoms with Crippen molar-refractivity contribution in [3.63, 3.8) is 0 Å². The molecule has 108 valence electrons. The largest absolute Gasteiger partial charge is 0.496 e. The van der Waals surface area contributed by atoms with E-state index in [0.29, 0.717) is 10.6 Å². The van der Waals surface area contributed by atoms with Crippen LogP contribution in [0, 0.1) is 11.3 Å². The Labute approximate surface area is 137 Å². The van der Waals surface area contributed by atoms with Crippen LogP contribution in [0.2, 0.25) is 5.02 Å². The zero-order valence-corrected chi connectivity index (χ0v) is 14.0. The van der Waals surface area contributed by atoms with Crippen molar-refractivity contribution in [3.8, 4) is 11.8 Å². The van der Waals surface area contributed by atoms with Gasteiger partial charge < -0.3 is 10.1 Å². The van der Waals surface area contributed by atoms with E-state index in [1.165, 1.54) is 0 Å². The quantitative estimate of drug-likeness (QED) is 0.814. The monoisotopic (exact) mass is 364 g/mol. The van der Waals surface area contributed by atoms with Crippen LogP contribution in [0.4, 0.5) is 5.69 Å². The maximum Gasteiger partial charge on any atom is 0.133 e. The van der Waals surface area contributed by atoms with Gasteiger partial charge in [-0.25, -0.2) is 0 Å². The van der Waals surface area contributed by atoms with Crippen molar-refractivity contribution < 1.29 is 4.74 Å².